The smallest absolute Gasteiger partial charge is 0.196 e. The van der Waals surface area contributed by atoms with Crippen LogP contribution in [0.2, 0.25) is 0 Å². The van der Waals surface area contributed by atoms with Gasteiger partial charge in [-0.15, -0.1) is 11.8 Å². The van der Waals surface area contributed by atoms with E-state index in [1.165, 1.54) is 16.7 Å². The Morgan fingerprint density at radius 1 is 1.58 bits per heavy atom. The number of thioether (sulfide) groups is 2. The Morgan fingerprint density at radius 3 is 3.25 bits per heavy atom. The van der Waals surface area contributed by atoms with Crippen molar-refractivity contribution in [1.82, 2.24) is 0 Å². The molecule has 0 amide bonds. The van der Waals surface area contributed by atoms with Crippen LogP contribution in [0.3, 0.4) is 0 Å². The second kappa shape index (κ2) is 3.26. The molecular weight excluding hydrogens is 190 g/mol. The number of carbonyl (C=O) groups is 1. The van der Waals surface area contributed by atoms with E-state index in [-0.39, 0.29) is 9.70 Å². The lowest BCUT2D eigenvalue weighted by Crippen LogP contribution is -2.05. The van der Waals surface area contributed by atoms with Gasteiger partial charge in [0.15, 0.2) is 5.12 Å². The molecule has 0 aromatic heterocycles. The second-order valence-corrected chi connectivity index (χ2v) is 5.58. The summed E-state index contributed by atoms with van der Waals surface area (Å²) >= 11 is 3.17. The lowest BCUT2D eigenvalue weighted by molar-refractivity contribution is -0.109. The average Bonchev–Trinajstić information content (AvgIpc) is 2.23. The first-order chi connectivity index (χ1) is 5.75. The average molecular weight is 199 g/mol. The van der Waals surface area contributed by atoms with Crippen molar-refractivity contribution in [2.45, 2.75) is 17.9 Å². The summed E-state index contributed by atoms with van der Waals surface area (Å²) in [6.07, 6.45) is 2.67. The molecule has 0 aromatic carbocycles. The SMILES string of the molecule is CC1=CCN=C2CC(=O)SC2S1. The van der Waals surface area contributed by atoms with Crippen molar-refractivity contribution in [2.75, 3.05) is 6.54 Å². The number of carbonyl (C=O) groups excluding carboxylic acids is 1. The van der Waals surface area contributed by atoms with Crippen molar-refractivity contribution in [2.24, 2.45) is 4.99 Å². The second-order valence-electron chi connectivity index (χ2n) is 2.76. The molecule has 0 saturated carbocycles. The summed E-state index contributed by atoms with van der Waals surface area (Å²) in [4.78, 5) is 16.7. The minimum absolute atomic E-state index is 0.265. The number of hydrogen-bond acceptors (Lipinski definition) is 4. The first-order valence-electron chi connectivity index (χ1n) is 3.82. The number of nitrogens with zero attached hydrogens (tertiary/aromatic N) is 1. The van der Waals surface area contributed by atoms with Crippen molar-refractivity contribution >= 4 is 34.4 Å². The molecule has 64 valence electrons. The van der Waals surface area contributed by atoms with Crippen molar-refractivity contribution in [3.63, 3.8) is 0 Å². The van der Waals surface area contributed by atoms with Gasteiger partial charge in [-0.25, -0.2) is 0 Å². The van der Waals surface area contributed by atoms with Gasteiger partial charge in [-0.3, -0.25) is 9.79 Å². The Bertz CT molecular complexity index is 283. The van der Waals surface area contributed by atoms with E-state index in [4.69, 9.17) is 0 Å². The zero-order valence-electron chi connectivity index (χ0n) is 6.74. The van der Waals surface area contributed by atoms with Gasteiger partial charge in [0, 0.05) is 5.71 Å². The van der Waals surface area contributed by atoms with Crippen LogP contribution in [0.4, 0.5) is 0 Å². The fourth-order valence-corrected chi connectivity index (χ4v) is 3.73. The summed E-state index contributed by atoms with van der Waals surface area (Å²) in [5.41, 5.74) is 1.07. The minimum atomic E-state index is 0.265. The summed E-state index contributed by atoms with van der Waals surface area (Å²) in [6, 6.07) is 0. The van der Waals surface area contributed by atoms with E-state index in [0.717, 1.165) is 12.3 Å². The fraction of sp³-hybridized carbons (Fsp3) is 0.500. The van der Waals surface area contributed by atoms with Gasteiger partial charge >= 0.3 is 0 Å². The van der Waals surface area contributed by atoms with Crippen molar-refractivity contribution < 1.29 is 4.79 Å². The Morgan fingerprint density at radius 2 is 2.42 bits per heavy atom. The number of rotatable bonds is 0. The minimum Gasteiger partial charge on any atom is -0.287 e. The Balaban J connectivity index is 2.20. The van der Waals surface area contributed by atoms with Crippen molar-refractivity contribution in [1.29, 1.82) is 0 Å². The van der Waals surface area contributed by atoms with Gasteiger partial charge in [-0.05, 0) is 11.8 Å². The summed E-state index contributed by atoms with van der Waals surface area (Å²) in [5, 5.41) is 0.265. The lowest BCUT2D eigenvalue weighted by atomic mass is 10.3. The van der Waals surface area contributed by atoms with Crippen LogP contribution in [-0.2, 0) is 4.79 Å². The molecule has 0 spiro atoms. The first-order valence-corrected chi connectivity index (χ1v) is 5.58. The standard InChI is InChI=1S/C8H9NOS2/c1-5-2-3-9-6-4-7(10)12-8(6)11-5/h2,8H,3-4H2,1H3. The molecule has 2 heterocycles. The number of fused-ring (bicyclic) bond motifs is 1. The molecule has 2 aliphatic rings. The van der Waals surface area contributed by atoms with E-state index in [1.54, 1.807) is 11.8 Å². The zero-order chi connectivity index (χ0) is 8.55. The molecule has 0 aromatic rings. The van der Waals surface area contributed by atoms with Crippen LogP contribution in [-0.4, -0.2) is 22.0 Å². The summed E-state index contributed by atoms with van der Waals surface area (Å²) in [7, 11) is 0. The molecule has 1 fully saturated rings. The highest BCUT2D eigenvalue weighted by Gasteiger charge is 2.31. The monoisotopic (exact) mass is 199 g/mol. The van der Waals surface area contributed by atoms with E-state index in [2.05, 4.69) is 18.0 Å². The molecule has 4 heteroatoms. The normalized spacial score (nSPS) is 29.1. The highest BCUT2D eigenvalue weighted by atomic mass is 32.2. The third kappa shape index (κ3) is 1.59. The van der Waals surface area contributed by atoms with Crippen LogP contribution in [0.25, 0.3) is 0 Å². The van der Waals surface area contributed by atoms with Gasteiger partial charge in [0.25, 0.3) is 0 Å². The van der Waals surface area contributed by atoms with E-state index in [0.29, 0.717) is 6.42 Å². The van der Waals surface area contributed by atoms with Crippen LogP contribution >= 0.6 is 23.5 Å². The molecule has 0 radical (unpaired) electrons. The van der Waals surface area contributed by atoms with E-state index in [1.807, 2.05) is 0 Å². The summed E-state index contributed by atoms with van der Waals surface area (Å²) < 4.78 is 0.274. The van der Waals surface area contributed by atoms with Crippen LogP contribution in [0, 0.1) is 0 Å². The molecule has 2 rings (SSSR count). The predicted molar refractivity (Wildman–Crippen MR) is 54.7 cm³/mol. The van der Waals surface area contributed by atoms with Crippen LogP contribution < -0.4 is 0 Å². The Kier molecular flexibility index (Phi) is 2.28. The van der Waals surface area contributed by atoms with Gasteiger partial charge in [-0.2, -0.15) is 0 Å². The molecule has 1 atom stereocenters. The van der Waals surface area contributed by atoms with Gasteiger partial charge < -0.3 is 0 Å². The summed E-state index contributed by atoms with van der Waals surface area (Å²) in [6.45, 7) is 2.82. The van der Waals surface area contributed by atoms with Gasteiger partial charge in [0.2, 0.25) is 0 Å². The van der Waals surface area contributed by atoms with E-state index < -0.39 is 0 Å². The van der Waals surface area contributed by atoms with Crippen molar-refractivity contribution in [3.05, 3.63) is 11.0 Å². The van der Waals surface area contributed by atoms with E-state index in [9.17, 15) is 4.79 Å². The Labute approximate surface area is 79.9 Å². The molecule has 2 nitrogen and oxygen atoms in total. The molecule has 2 aliphatic heterocycles. The third-order valence-electron chi connectivity index (χ3n) is 1.80. The molecule has 1 unspecified atom stereocenters. The molecule has 1 saturated heterocycles. The maximum Gasteiger partial charge on any atom is 0.196 e. The van der Waals surface area contributed by atoms with Gasteiger partial charge in [-0.1, -0.05) is 17.8 Å². The van der Waals surface area contributed by atoms with E-state index >= 15 is 0 Å². The topological polar surface area (TPSA) is 29.4 Å². The van der Waals surface area contributed by atoms with Gasteiger partial charge in [0.1, 0.15) is 4.58 Å². The number of allylic oxidation sites excluding steroid dienone is 1. The maximum atomic E-state index is 11.1. The largest absolute Gasteiger partial charge is 0.287 e. The zero-order valence-corrected chi connectivity index (χ0v) is 8.37. The van der Waals surface area contributed by atoms with Crippen LogP contribution in [0.15, 0.2) is 16.0 Å². The number of hydrogen-bond donors (Lipinski definition) is 0. The molecule has 0 bridgehead atoms. The molecular formula is C8H9NOS2. The highest BCUT2D eigenvalue weighted by Crippen LogP contribution is 2.39. The quantitative estimate of drug-likeness (QED) is 0.598. The Hall–Kier alpha value is -0.220. The molecule has 0 N–H and O–H groups in total. The predicted octanol–water partition coefficient (Wildman–Crippen LogP) is 2.07. The number of aliphatic imine (C=N–C) groups is 1. The van der Waals surface area contributed by atoms with Crippen LogP contribution in [0.5, 0.6) is 0 Å². The lowest BCUT2D eigenvalue weighted by Gasteiger charge is -2.05. The molecule has 0 aliphatic carbocycles. The third-order valence-corrected chi connectivity index (χ3v) is 4.30. The van der Waals surface area contributed by atoms with Crippen molar-refractivity contribution in [3.8, 4) is 0 Å². The first kappa shape index (κ1) is 8.38. The highest BCUT2D eigenvalue weighted by molar-refractivity contribution is 8.27. The maximum absolute atomic E-state index is 11.1. The van der Waals surface area contributed by atoms with Crippen LogP contribution in [0.1, 0.15) is 13.3 Å². The fourth-order valence-electron chi connectivity index (χ4n) is 1.19. The summed E-state index contributed by atoms with van der Waals surface area (Å²) in [5.74, 6) is 0. The molecule has 12 heavy (non-hydrogen) atoms. The van der Waals surface area contributed by atoms with Gasteiger partial charge in [0.05, 0.1) is 13.0 Å².